The zero-order valence-electron chi connectivity index (χ0n) is 8.18. The van der Waals surface area contributed by atoms with Crippen LogP contribution in [0.3, 0.4) is 0 Å². The van der Waals surface area contributed by atoms with E-state index in [0.29, 0.717) is 12.0 Å². The fourth-order valence-electron chi connectivity index (χ4n) is 2.10. The van der Waals surface area contributed by atoms with Gasteiger partial charge in [-0.1, -0.05) is 24.3 Å². The Morgan fingerprint density at radius 3 is 2.67 bits per heavy atom. The second kappa shape index (κ2) is 3.30. The van der Waals surface area contributed by atoms with Crippen molar-refractivity contribution >= 4 is 10.1 Å². The molecule has 1 unspecified atom stereocenters. The minimum atomic E-state index is -4.26. The van der Waals surface area contributed by atoms with Crippen LogP contribution in [0.5, 0.6) is 0 Å². The van der Waals surface area contributed by atoms with Crippen molar-refractivity contribution in [3.63, 3.8) is 0 Å². The van der Waals surface area contributed by atoms with Gasteiger partial charge in [-0.15, -0.1) is 0 Å². The zero-order chi connectivity index (χ0) is 11.1. The van der Waals surface area contributed by atoms with Gasteiger partial charge in [0, 0.05) is 0 Å². The van der Waals surface area contributed by atoms with Crippen LogP contribution in [0.2, 0.25) is 0 Å². The number of fused-ring (bicyclic) bond motifs is 1. The summed E-state index contributed by atoms with van der Waals surface area (Å²) in [4.78, 5) is -1.62. The SMILES string of the molecule is NC1(S(=O)(=O)O)CCCc2ccccc21. The van der Waals surface area contributed by atoms with Gasteiger partial charge in [0.05, 0.1) is 0 Å². The van der Waals surface area contributed by atoms with E-state index in [1.807, 2.05) is 12.1 Å². The molecule has 0 aromatic heterocycles. The molecular formula is C10H13NO3S. The summed E-state index contributed by atoms with van der Waals surface area (Å²) in [7, 11) is -4.26. The van der Waals surface area contributed by atoms with Crippen molar-refractivity contribution in [3.05, 3.63) is 35.4 Å². The van der Waals surface area contributed by atoms with E-state index in [4.69, 9.17) is 5.73 Å². The first-order valence-electron chi connectivity index (χ1n) is 4.79. The van der Waals surface area contributed by atoms with Gasteiger partial charge in [-0.2, -0.15) is 8.42 Å². The summed E-state index contributed by atoms with van der Waals surface area (Å²) in [5.74, 6) is 0. The molecule has 1 aromatic rings. The summed E-state index contributed by atoms with van der Waals surface area (Å²) < 4.78 is 31.8. The van der Waals surface area contributed by atoms with E-state index in [9.17, 15) is 13.0 Å². The number of aryl methyl sites for hydroxylation is 1. The molecule has 0 radical (unpaired) electrons. The van der Waals surface area contributed by atoms with Crippen LogP contribution in [-0.4, -0.2) is 13.0 Å². The second-order valence-electron chi connectivity index (χ2n) is 3.88. The molecule has 2 rings (SSSR count). The summed E-state index contributed by atoms with van der Waals surface area (Å²) in [5.41, 5.74) is 7.24. The van der Waals surface area contributed by atoms with Gasteiger partial charge in [0.25, 0.3) is 10.1 Å². The monoisotopic (exact) mass is 227 g/mol. The van der Waals surface area contributed by atoms with Crippen LogP contribution >= 0.6 is 0 Å². The van der Waals surface area contributed by atoms with E-state index in [2.05, 4.69) is 0 Å². The molecule has 1 aromatic carbocycles. The molecule has 15 heavy (non-hydrogen) atoms. The first-order chi connectivity index (χ1) is 6.95. The summed E-state index contributed by atoms with van der Waals surface area (Å²) in [6.45, 7) is 0. The van der Waals surface area contributed by atoms with Crippen molar-refractivity contribution in [3.8, 4) is 0 Å². The zero-order valence-corrected chi connectivity index (χ0v) is 9.00. The van der Waals surface area contributed by atoms with Crippen molar-refractivity contribution < 1.29 is 13.0 Å². The maximum atomic E-state index is 11.3. The molecule has 0 heterocycles. The summed E-state index contributed by atoms with van der Waals surface area (Å²) >= 11 is 0. The molecule has 82 valence electrons. The minimum Gasteiger partial charge on any atom is -0.307 e. The van der Waals surface area contributed by atoms with Gasteiger partial charge in [-0.05, 0) is 30.4 Å². The fraction of sp³-hybridized carbons (Fsp3) is 0.400. The number of rotatable bonds is 1. The highest BCUT2D eigenvalue weighted by Gasteiger charge is 2.43. The topological polar surface area (TPSA) is 80.4 Å². The maximum absolute atomic E-state index is 11.3. The quantitative estimate of drug-likeness (QED) is 0.702. The third kappa shape index (κ3) is 1.56. The van der Waals surface area contributed by atoms with Gasteiger partial charge in [0.15, 0.2) is 4.87 Å². The van der Waals surface area contributed by atoms with E-state index >= 15 is 0 Å². The molecule has 0 saturated heterocycles. The van der Waals surface area contributed by atoms with E-state index in [1.165, 1.54) is 0 Å². The molecule has 0 bridgehead atoms. The normalized spacial score (nSPS) is 26.0. The van der Waals surface area contributed by atoms with Gasteiger partial charge < -0.3 is 5.73 Å². The lowest BCUT2D eigenvalue weighted by Gasteiger charge is -2.32. The van der Waals surface area contributed by atoms with Crippen LogP contribution in [0.25, 0.3) is 0 Å². The number of benzene rings is 1. The standard InChI is InChI=1S/C10H13NO3S/c11-10(15(12,13)14)7-3-5-8-4-1-2-6-9(8)10/h1-2,4,6H,3,5,7,11H2,(H,12,13,14). The first kappa shape index (κ1) is 10.6. The smallest absolute Gasteiger partial charge is 0.288 e. The van der Waals surface area contributed by atoms with Crippen LogP contribution < -0.4 is 5.73 Å². The van der Waals surface area contributed by atoms with Crippen LogP contribution in [-0.2, 0) is 21.4 Å². The van der Waals surface area contributed by atoms with Crippen molar-refractivity contribution in [2.75, 3.05) is 0 Å². The Labute approximate surface area is 88.9 Å². The maximum Gasteiger partial charge on any atom is 0.288 e. The average Bonchev–Trinajstić information content (AvgIpc) is 2.17. The van der Waals surface area contributed by atoms with Crippen LogP contribution in [0.4, 0.5) is 0 Å². The Kier molecular flexibility index (Phi) is 2.33. The lowest BCUT2D eigenvalue weighted by atomic mass is 9.88. The molecule has 1 aliphatic carbocycles. The molecule has 3 N–H and O–H groups in total. The highest BCUT2D eigenvalue weighted by atomic mass is 32.2. The highest BCUT2D eigenvalue weighted by molar-refractivity contribution is 7.86. The molecule has 0 saturated carbocycles. The number of hydrogen-bond donors (Lipinski definition) is 2. The van der Waals surface area contributed by atoms with Crippen molar-refractivity contribution in [1.29, 1.82) is 0 Å². The van der Waals surface area contributed by atoms with E-state index < -0.39 is 15.0 Å². The number of nitrogens with two attached hydrogens (primary N) is 1. The Morgan fingerprint density at radius 1 is 1.33 bits per heavy atom. The lowest BCUT2D eigenvalue weighted by molar-refractivity contribution is 0.399. The minimum absolute atomic E-state index is 0.267. The van der Waals surface area contributed by atoms with E-state index in [1.54, 1.807) is 12.1 Å². The number of hydrogen-bond acceptors (Lipinski definition) is 3. The first-order valence-corrected chi connectivity index (χ1v) is 6.23. The lowest BCUT2D eigenvalue weighted by Crippen LogP contribution is -2.46. The van der Waals surface area contributed by atoms with Crippen molar-refractivity contribution in [2.45, 2.75) is 24.1 Å². The molecule has 0 amide bonds. The second-order valence-corrected chi connectivity index (χ2v) is 5.55. The predicted molar refractivity (Wildman–Crippen MR) is 56.8 cm³/mol. The predicted octanol–water partition coefficient (Wildman–Crippen LogP) is 1.02. The van der Waals surface area contributed by atoms with Gasteiger partial charge >= 0.3 is 0 Å². The molecule has 5 heteroatoms. The third-order valence-electron chi connectivity index (χ3n) is 2.93. The summed E-state index contributed by atoms with van der Waals surface area (Å²) in [6.07, 6.45) is 1.75. The largest absolute Gasteiger partial charge is 0.307 e. The highest BCUT2D eigenvalue weighted by Crippen LogP contribution is 2.36. The fourth-order valence-corrected chi connectivity index (χ4v) is 2.97. The Hall–Kier alpha value is -0.910. The average molecular weight is 227 g/mol. The summed E-state index contributed by atoms with van der Waals surface area (Å²) in [5, 5.41) is 0. The summed E-state index contributed by atoms with van der Waals surface area (Å²) in [6, 6.07) is 7.09. The van der Waals surface area contributed by atoms with Crippen molar-refractivity contribution in [2.24, 2.45) is 5.73 Å². The molecule has 4 nitrogen and oxygen atoms in total. The third-order valence-corrected chi connectivity index (χ3v) is 4.27. The Morgan fingerprint density at radius 2 is 2.00 bits per heavy atom. The van der Waals surface area contributed by atoms with Gasteiger partial charge in [-0.3, -0.25) is 4.55 Å². The van der Waals surface area contributed by atoms with Gasteiger partial charge in [-0.25, -0.2) is 0 Å². The van der Waals surface area contributed by atoms with Gasteiger partial charge in [0.2, 0.25) is 0 Å². The van der Waals surface area contributed by atoms with Crippen molar-refractivity contribution in [1.82, 2.24) is 0 Å². The van der Waals surface area contributed by atoms with E-state index in [-0.39, 0.29) is 6.42 Å². The van der Waals surface area contributed by atoms with Crippen LogP contribution in [0.15, 0.2) is 24.3 Å². The molecule has 0 fully saturated rings. The van der Waals surface area contributed by atoms with Crippen LogP contribution in [0.1, 0.15) is 24.0 Å². The van der Waals surface area contributed by atoms with Crippen LogP contribution in [0, 0.1) is 0 Å². The van der Waals surface area contributed by atoms with Gasteiger partial charge in [0.1, 0.15) is 0 Å². The molecular weight excluding hydrogens is 214 g/mol. The Balaban J connectivity index is 2.65. The Bertz CT molecular complexity index is 483. The molecule has 0 spiro atoms. The molecule has 1 aliphatic rings. The van der Waals surface area contributed by atoms with E-state index in [0.717, 1.165) is 12.0 Å². The molecule has 0 aliphatic heterocycles. The molecule has 1 atom stereocenters.